The molecule has 5 nitrogen and oxygen atoms in total. The van der Waals surface area contributed by atoms with E-state index in [1.807, 2.05) is 11.8 Å². The predicted molar refractivity (Wildman–Crippen MR) is 69.5 cm³/mol. The number of thioether (sulfide) groups is 1. The van der Waals surface area contributed by atoms with Gasteiger partial charge in [-0.1, -0.05) is 13.3 Å². The van der Waals surface area contributed by atoms with Gasteiger partial charge < -0.3 is 16.8 Å². The third kappa shape index (κ3) is 4.55. The zero-order valence-corrected chi connectivity index (χ0v) is 11.0. The van der Waals surface area contributed by atoms with Gasteiger partial charge in [0.2, 0.25) is 11.8 Å². The normalized spacial score (nSPS) is 25.5. The minimum Gasteiger partial charge on any atom is -0.370 e. The first-order chi connectivity index (χ1) is 8.04. The first kappa shape index (κ1) is 14.3. The van der Waals surface area contributed by atoms with Crippen molar-refractivity contribution in [2.45, 2.75) is 49.9 Å². The molecule has 6 heteroatoms. The van der Waals surface area contributed by atoms with Gasteiger partial charge in [-0.25, -0.2) is 0 Å². The summed E-state index contributed by atoms with van der Waals surface area (Å²) in [6, 6.07) is -0.633. The van der Waals surface area contributed by atoms with Crippen molar-refractivity contribution in [2.75, 3.05) is 5.75 Å². The second-order valence-corrected chi connectivity index (χ2v) is 5.83. The van der Waals surface area contributed by atoms with E-state index in [4.69, 9.17) is 11.5 Å². The second kappa shape index (κ2) is 6.86. The van der Waals surface area contributed by atoms with E-state index in [0.717, 1.165) is 25.0 Å². The van der Waals surface area contributed by atoms with E-state index in [2.05, 4.69) is 12.2 Å². The maximum atomic E-state index is 11.7. The van der Waals surface area contributed by atoms with Crippen LogP contribution in [-0.4, -0.2) is 34.9 Å². The van der Waals surface area contributed by atoms with Crippen LogP contribution in [0.1, 0.15) is 32.6 Å². The molecule has 5 N–H and O–H groups in total. The van der Waals surface area contributed by atoms with E-state index >= 15 is 0 Å². The van der Waals surface area contributed by atoms with Gasteiger partial charge in [0.1, 0.15) is 0 Å². The molecule has 0 radical (unpaired) electrons. The van der Waals surface area contributed by atoms with Crippen LogP contribution in [-0.2, 0) is 9.59 Å². The van der Waals surface area contributed by atoms with Crippen molar-refractivity contribution in [3.05, 3.63) is 0 Å². The number of hydrogen-bond donors (Lipinski definition) is 3. The van der Waals surface area contributed by atoms with Crippen LogP contribution in [0.15, 0.2) is 0 Å². The van der Waals surface area contributed by atoms with Crippen molar-refractivity contribution in [1.82, 2.24) is 5.32 Å². The van der Waals surface area contributed by atoms with Crippen molar-refractivity contribution < 1.29 is 9.59 Å². The molecule has 1 saturated carbocycles. The fourth-order valence-corrected chi connectivity index (χ4v) is 3.30. The lowest BCUT2D eigenvalue weighted by Gasteiger charge is -2.21. The number of carbonyl (C=O) groups is 2. The average molecular weight is 259 g/mol. The van der Waals surface area contributed by atoms with E-state index in [9.17, 15) is 9.59 Å². The first-order valence-corrected chi connectivity index (χ1v) is 7.05. The molecular weight excluding hydrogens is 238 g/mol. The maximum absolute atomic E-state index is 11.7. The molecular formula is C11H21N3O2S. The molecule has 3 atom stereocenters. The van der Waals surface area contributed by atoms with Crippen LogP contribution in [0, 0.1) is 0 Å². The van der Waals surface area contributed by atoms with Gasteiger partial charge in [-0.2, -0.15) is 11.8 Å². The number of hydrogen-bond acceptors (Lipinski definition) is 4. The summed E-state index contributed by atoms with van der Waals surface area (Å²) in [7, 11) is 0. The fraction of sp³-hybridized carbons (Fsp3) is 0.818. The molecule has 1 rings (SSSR count). The summed E-state index contributed by atoms with van der Waals surface area (Å²) in [4.78, 5) is 22.4. The molecule has 2 amide bonds. The Hall–Kier alpha value is -0.750. The summed E-state index contributed by atoms with van der Waals surface area (Å²) in [6.45, 7) is 2.11. The Labute approximate surface area is 106 Å². The molecule has 3 unspecified atom stereocenters. The lowest BCUT2D eigenvalue weighted by atomic mass is 10.1. The number of amides is 2. The lowest BCUT2D eigenvalue weighted by Crippen LogP contribution is -2.48. The Kier molecular flexibility index (Phi) is 5.77. The smallest absolute Gasteiger partial charge is 0.237 e. The van der Waals surface area contributed by atoms with E-state index in [0.29, 0.717) is 5.25 Å². The third-order valence-corrected chi connectivity index (χ3v) is 4.24. The Morgan fingerprint density at radius 2 is 2.18 bits per heavy atom. The Morgan fingerprint density at radius 3 is 2.76 bits per heavy atom. The molecule has 0 aromatic heterocycles. The van der Waals surface area contributed by atoms with Gasteiger partial charge in [-0.15, -0.1) is 0 Å². The number of primary amides is 1. The van der Waals surface area contributed by atoms with Gasteiger partial charge in [-0.05, 0) is 18.6 Å². The van der Waals surface area contributed by atoms with E-state index in [-0.39, 0.29) is 18.4 Å². The van der Waals surface area contributed by atoms with Crippen LogP contribution in [0.2, 0.25) is 0 Å². The topological polar surface area (TPSA) is 98.2 Å². The Morgan fingerprint density at radius 1 is 1.47 bits per heavy atom. The Bertz CT molecular complexity index is 286. The summed E-state index contributed by atoms with van der Waals surface area (Å²) in [5.41, 5.74) is 10.6. The Balaban J connectivity index is 2.41. The van der Waals surface area contributed by atoms with Crippen molar-refractivity contribution >= 4 is 23.6 Å². The summed E-state index contributed by atoms with van der Waals surface area (Å²) < 4.78 is 0. The lowest BCUT2D eigenvalue weighted by molar-refractivity contribution is -0.126. The highest BCUT2D eigenvalue weighted by molar-refractivity contribution is 7.99. The third-order valence-electron chi connectivity index (χ3n) is 2.92. The monoisotopic (exact) mass is 259 g/mol. The quantitative estimate of drug-likeness (QED) is 0.624. The molecule has 1 fully saturated rings. The molecule has 0 saturated heterocycles. The highest BCUT2D eigenvalue weighted by Crippen LogP contribution is 2.29. The summed E-state index contributed by atoms with van der Waals surface area (Å²) in [6.07, 6.45) is 3.17. The van der Waals surface area contributed by atoms with Gasteiger partial charge in [-0.3, -0.25) is 9.59 Å². The van der Waals surface area contributed by atoms with E-state index in [1.165, 1.54) is 0 Å². The highest BCUT2D eigenvalue weighted by atomic mass is 32.2. The van der Waals surface area contributed by atoms with Crippen molar-refractivity contribution in [1.29, 1.82) is 0 Å². The molecule has 0 aromatic rings. The van der Waals surface area contributed by atoms with E-state index < -0.39 is 11.9 Å². The van der Waals surface area contributed by atoms with Crippen LogP contribution in [0.25, 0.3) is 0 Å². The van der Waals surface area contributed by atoms with Gasteiger partial charge in [0.05, 0.1) is 12.5 Å². The minimum atomic E-state index is -0.819. The molecule has 1 aliphatic carbocycles. The summed E-state index contributed by atoms with van der Waals surface area (Å²) in [5.74, 6) is 0.237. The van der Waals surface area contributed by atoms with Crippen LogP contribution in [0.3, 0.4) is 0 Å². The SMILES string of the molecule is CCSC1CCCC1NC(=O)C(N)CC(N)=O. The molecule has 98 valence electrons. The molecule has 0 spiro atoms. The molecule has 0 aliphatic heterocycles. The number of nitrogens with one attached hydrogen (secondary N) is 1. The summed E-state index contributed by atoms with van der Waals surface area (Å²) >= 11 is 1.87. The highest BCUT2D eigenvalue weighted by Gasteiger charge is 2.29. The van der Waals surface area contributed by atoms with Crippen LogP contribution < -0.4 is 16.8 Å². The molecule has 1 aliphatic rings. The zero-order valence-electron chi connectivity index (χ0n) is 10.1. The largest absolute Gasteiger partial charge is 0.370 e. The first-order valence-electron chi connectivity index (χ1n) is 6.00. The zero-order chi connectivity index (χ0) is 12.8. The van der Waals surface area contributed by atoms with Gasteiger partial charge in [0.25, 0.3) is 0 Å². The number of nitrogens with two attached hydrogens (primary N) is 2. The average Bonchev–Trinajstić information content (AvgIpc) is 2.65. The maximum Gasteiger partial charge on any atom is 0.237 e. The van der Waals surface area contributed by atoms with Gasteiger partial charge in [0, 0.05) is 11.3 Å². The molecule has 17 heavy (non-hydrogen) atoms. The van der Waals surface area contributed by atoms with Crippen molar-refractivity contribution in [2.24, 2.45) is 11.5 Å². The molecule has 0 heterocycles. The van der Waals surface area contributed by atoms with Gasteiger partial charge in [0.15, 0.2) is 0 Å². The van der Waals surface area contributed by atoms with Crippen molar-refractivity contribution in [3.63, 3.8) is 0 Å². The molecule has 0 bridgehead atoms. The number of rotatable bonds is 6. The second-order valence-electron chi connectivity index (χ2n) is 4.32. The predicted octanol–water partition coefficient (Wildman–Crippen LogP) is -0.0205. The molecule has 0 aromatic carbocycles. The summed E-state index contributed by atoms with van der Waals surface area (Å²) in [5, 5.41) is 3.40. The van der Waals surface area contributed by atoms with Crippen LogP contribution >= 0.6 is 11.8 Å². The van der Waals surface area contributed by atoms with Crippen LogP contribution in [0.5, 0.6) is 0 Å². The fourth-order valence-electron chi connectivity index (χ4n) is 2.10. The van der Waals surface area contributed by atoms with Crippen LogP contribution in [0.4, 0.5) is 0 Å². The minimum absolute atomic E-state index is 0.0931. The van der Waals surface area contributed by atoms with Crippen molar-refractivity contribution in [3.8, 4) is 0 Å². The van der Waals surface area contributed by atoms with Gasteiger partial charge >= 0.3 is 0 Å². The van der Waals surface area contributed by atoms with E-state index in [1.54, 1.807) is 0 Å². The number of carbonyl (C=O) groups excluding carboxylic acids is 2. The standard InChI is InChI=1S/C11H21N3O2S/c1-2-17-9-5-3-4-8(9)14-11(16)7(12)6-10(13)15/h7-9H,2-6,12H2,1H3,(H2,13,15)(H,14,16).